The summed E-state index contributed by atoms with van der Waals surface area (Å²) in [5.74, 6) is 1.15. The van der Waals surface area contributed by atoms with Crippen LogP contribution in [0, 0.1) is 5.92 Å². The molecule has 4 rings (SSSR count). The molecular weight excluding hydrogens is 268 g/mol. The molecule has 0 aromatic carbocycles. The third-order valence-electron chi connectivity index (χ3n) is 4.51. The molecule has 2 bridgehead atoms. The quantitative estimate of drug-likeness (QED) is 0.847. The van der Waals surface area contributed by atoms with Gasteiger partial charge in [-0.25, -0.2) is 0 Å². The normalized spacial score (nSPS) is 25.4. The SMILES string of the molecule is O=c1cccc2n1C[C@H]1C[C@@H]2CN(Cc2cccs2)C1. The molecular formula is C16H18N2OS. The van der Waals surface area contributed by atoms with Crippen LogP contribution in [-0.4, -0.2) is 22.6 Å². The average Bonchev–Trinajstić information content (AvgIpc) is 2.93. The van der Waals surface area contributed by atoms with Gasteiger partial charge in [-0.05, 0) is 29.9 Å². The molecule has 0 radical (unpaired) electrons. The Kier molecular flexibility index (Phi) is 3.00. The van der Waals surface area contributed by atoms with Crippen molar-refractivity contribution in [2.75, 3.05) is 13.1 Å². The molecule has 2 aromatic heterocycles. The highest BCUT2D eigenvalue weighted by atomic mass is 32.1. The van der Waals surface area contributed by atoms with Gasteiger partial charge >= 0.3 is 0 Å². The molecule has 0 aliphatic carbocycles. The van der Waals surface area contributed by atoms with Crippen LogP contribution in [-0.2, 0) is 13.1 Å². The first-order valence-corrected chi connectivity index (χ1v) is 8.12. The Balaban J connectivity index is 1.60. The van der Waals surface area contributed by atoms with Crippen LogP contribution in [0.4, 0.5) is 0 Å². The topological polar surface area (TPSA) is 25.2 Å². The zero-order valence-electron chi connectivity index (χ0n) is 11.4. The van der Waals surface area contributed by atoms with Gasteiger partial charge < -0.3 is 4.57 Å². The second-order valence-corrected chi connectivity index (χ2v) is 7.00. The summed E-state index contributed by atoms with van der Waals surface area (Å²) in [6.45, 7) is 4.15. The third-order valence-corrected chi connectivity index (χ3v) is 5.38. The van der Waals surface area contributed by atoms with Crippen molar-refractivity contribution in [1.29, 1.82) is 0 Å². The van der Waals surface area contributed by atoms with Gasteiger partial charge in [-0.3, -0.25) is 9.69 Å². The van der Waals surface area contributed by atoms with Crippen LogP contribution in [0.2, 0.25) is 0 Å². The van der Waals surface area contributed by atoms with E-state index in [4.69, 9.17) is 0 Å². The number of rotatable bonds is 2. The summed E-state index contributed by atoms with van der Waals surface area (Å²) in [6, 6.07) is 10.1. The van der Waals surface area contributed by atoms with Crippen molar-refractivity contribution in [3.63, 3.8) is 0 Å². The van der Waals surface area contributed by atoms with E-state index < -0.39 is 0 Å². The first-order valence-electron chi connectivity index (χ1n) is 7.24. The predicted molar refractivity (Wildman–Crippen MR) is 81.1 cm³/mol. The molecule has 0 amide bonds. The number of hydrogen-bond donors (Lipinski definition) is 0. The van der Waals surface area contributed by atoms with Gasteiger partial charge in [-0.15, -0.1) is 11.3 Å². The van der Waals surface area contributed by atoms with Crippen LogP contribution < -0.4 is 5.56 Å². The molecule has 104 valence electrons. The number of likely N-dealkylation sites (tertiary alicyclic amines) is 1. The van der Waals surface area contributed by atoms with E-state index in [1.54, 1.807) is 6.07 Å². The highest BCUT2D eigenvalue weighted by Crippen LogP contribution is 2.35. The number of hydrogen-bond acceptors (Lipinski definition) is 3. The maximum Gasteiger partial charge on any atom is 0.250 e. The second-order valence-electron chi connectivity index (χ2n) is 5.97. The van der Waals surface area contributed by atoms with E-state index in [0.29, 0.717) is 11.8 Å². The summed E-state index contributed by atoms with van der Waals surface area (Å²) in [6.07, 6.45) is 1.24. The van der Waals surface area contributed by atoms with E-state index in [9.17, 15) is 4.79 Å². The van der Waals surface area contributed by atoms with Crippen molar-refractivity contribution in [1.82, 2.24) is 9.47 Å². The van der Waals surface area contributed by atoms with E-state index in [1.165, 1.54) is 17.0 Å². The van der Waals surface area contributed by atoms with Gasteiger partial charge in [-0.1, -0.05) is 12.1 Å². The van der Waals surface area contributed by atoms with Crippen molar-refractivity contribution >= 4 is 11.3 Å². The van der Waals surface area contributed by atoms with E-state index in [-0.39, 0.29) is 5.56 Å². The Morgan fingerprint density at radius 1 is 1.15 bits per heavy atom. The van der Waals surface area contributed by atoms with Gasteiger partial charge in [-0.2, -0.15) is 0 Å². The predicted octanol–water partition coefficient (Wildman–Crippen LogP) is 2.53. The monoisotopic (exact) mass is 286 g/mol. The van der Waals surface area contributed by atoms with Crippen LogP contribution >= 0.6 is 11.3 Å². The fourth-order valence-electron chi connectivity index (χ4n) is 3.75. The molecule has 4 heteroatoms. The minimum absolute atomic E-state index is 0.170. The molecule has 20 heavy (non-hydrogen) atoms. The Morgan fingerprint density at radius 2 is 2.10 bits per heavy atom. The minimum Gasteiger partial charge on any atom is -0.312 e. The van der Waals surface area contributed by atoms with Crippen molar-refractivity contribution in [3.8, 4) is 0 Å². The number of aromatic nitrogens is 1. The zero-order chi connectivity index (χ0) is 13.5. The van der Waals surface area contributed by atoms with E-state index in [0.717, 1.165) is 26.2 Å². The standard InChI is InChI=1S/C16H18N2OS/c19-16-5-1-4-15-13-7-12(9-18(15)16)8-17(10-13)11-14-3-2-6-20-14/h1-6,12-13H,7-11H2/t12-,13+/m0/s1. The van der Waals surface area contributed by atoms with E-state index >= 15 is 0 Å². The Morgan fingerprint density at radius 3 is 2.95 bits per heavy atom. The van der Waals surface area contributed by atoms with Crippen LogP contribution in [0.3, 0.4) is 0 Å². The molecule has 2 aromatic rings. The maximum absolute atomic E-state index is 12.0. The smallest absolute Gasteiger partial charge is 0.250 e. The molecule has 2 aliphatic heterocycles. The lowest BCUT2D eigenvalue weighted by atomic mass is 9.83. The lowest BCUT2D eigenvalue weighted by molar-refractivity contribution is 0.115. The fourth-order valence-corrected chi connectivity index (χ4v) is 4.49. The van der Waals surface area contributed by atoms with Crippen molar-refractivity contribution in [2.45, 2.75) is 25.4 Å². The van der Waals surface area contributed by atoms with Crippen LogP contribution in [0.15, 0.2) is 40.5 Å². The number of pyridine rings is 1. The van der Waals surface area contributed by atoms with Crippen LogP contribution in [0.25, 0.3) is 0 Å². The number of thiophene rings is 1. The van der Waals surface area contributed by atoms with Crippen LogP contribution in [0.5, 0.6) is 0 Å². The summed E-state index contributed by atoms with van der Waals surface area (Å²) >= 11 is 1.84. The summed E-state index contributed by atoms with van der Waals surface area (Å²) in [7, 11) is 0. The van der Waals surface area contributed by atoms with Gasteiger partial charge in [0.05, 0.1) is 0 Å². The van der Waals surface area contributed by atoms with Crippen molar-refractivity contribution in [2.24, 2.45) is 5.92 Å². The lowest BCUT2D eigenvalue weighted by Gasteiger charge is -2.42. The molecule has 4 heterocycles. The summed E-state index contributed by atoms with van der Waals surface area (Å²) in [5.41, 5.74) is 1.41. The van der Waals surface area contributed by atoms with Crippen LogP contribution in [0.1, 0.15) is 22.9 Å². The first-order chi connectivity index (χ1) is 9.79. The number of piperidine rings is 1. The average molecular weight is 286 g/mol. The van der Waals surface area contributed by atoms with Crippen molar-refractivity contribution < 1.29 is 0 Å². The van der Waals surface area contributed by atoms with E-state index in [2.05, 4.69) is 28.5 Å². The number of fused-ring (bicyclic) bond motifs is 4. The fraction of sp³-hybridized carbons (Fsp3) is 0.438. The van der Waals surface area contributed by atoms with Crippen molar-refractivity contribution in [3.05, 3.63) is 56.6 Å². The molecule has 0 saturated carbocycles. The van der Waals surface area contributed by atoms with Gasteiger partial charge in [0.25, 0.3) is 5.56 Å². The maximum atomic E-state index is 12.0. The van der Waals surface area contributed by atoms with Gasteiger partial charge in [0, 0.05) is 48.7 Å². The summed E-state index contributed by atoms with van der Waals surface area (Å²) in [4.78, 5) is 16.0. The molecule has 0 N–H and O–H groups in total. The van der Waals surface area contributed by atoms with Gasteiger partial charge in [0.1, 0.15) is 0 Å². The minimum atomic E-state index is 0.170. The summed E-state index contributed by atoms with van der Waals surface area (Å²) < 4.78 is 2.00. The van der Waals surface area contributed by atoms with E-state index in [1.807, 2.05) is 22.0 Å². The highest BCUT2D eigenvalue weighted by Gasteiger charge is 2.34. The Hall–Kier alpha value is -1.39. The molecule has 2 aliphatic rings. The molecule has 3 nitrogen and oxygen atoms in total. The Bertz CT molecular complexity index is 661. The highest BCUT2D eigenvalue weighted by molar-refractivity contribution is 7.09. The molecule has 0 unspecified atom stereocenters. The largest absolute Gasteiger partial charge is 0.312 e. The van der Waals surface area contributed by atoms with Gasteiger partial charge in [0.15, 0.2) is 0 Å². The molecule has 1 fully saturated rings. The van der Waals surface area contributed by atoms with Gasteiger partial charge in [0.2, 0.25) is 0 Å². The molecule has 1 saturated heterocycles. The molecule has 0 spiro atoms. The number of nitrogens with zero attached hydrogens (tertiary/aromatic N) is 2. The lowest BCUT2D eigenvalue weighted by Crippen LogP contribution is -2.46. The zero-order valence-corrected chi connectivity index (χ0v) is 12.2. The first kappa shape index (κ1) is 12.4. The summed E-state index contributed by atoms with van der Waals surface area (Å²) in [5, 5.41) is 2.15. The second kappa shape index (κ2) is 4.86. The Labute approximate surface area is 122 Å². The third kappa shape index (κ3) is 2.13. The molecule has 2 atom stereocenters.